The number of hydrogen-bond acceptors (Lipinski definition) is 2. The first-order valence-corrected chi connectivity index (χ1v) is 20.8. The topological polar surface area (TPSA) is 21.3 Å². The molecule has 0 unspecified atom stereocenters. The predicted octanol–water partition coefficient (Wildman–Crippen LogP) is 16.3. The summed E-state index contributed by atoms with van der Waals surface area (Å²) in [6.07, 6.45) is 0. The second kappa shape index (κ2) is 14.3. The molecule has 0 aliphatic heterocycles. The standard InChI is InChI=1S/C58H38N2O/c1-2-14-44-38-47(36-31-39(44)13-1)59(53-22-7-5-19-50(53)51-21-12-26-57-58(51)52-20-6-10-25-56(52)61-57)45-32-27-40(28-33-45)42-15-11-16-43(37-42)41-29-34-46(35-30-41)60-54-23-8-3-17-48(54)49-18-4-9-24-55(49)60/h1-38H. The van der Waals surface area contributed by atoms with E-state index < -0.39 is 0 Å². The van der Waals surface area contributed by atoms with Gasteiger partial charge in [0.15, 0.2) is 0 Å². The second-order valence-electron chi connectivity index (χ2n) is 15.7. The van der Waals surface area contributed by atoms with Crippen molar-refractivity contribution in [3.05, 3.63) is 231 Å². The summed E-state index contributed by atoms with van der Waals surface area (Å²) in [5, 5.41) is 7.19. The first kappa shape index (κ1) is 34.9. The van der Waals surface area contributed by atoms with Crippen molar-refractivity contribution in [2.75, 3.05) is 4.90 Å². The van der Waals surface area contributed by atoms with Crippen LogP contribution in [0.5, 0.6) is 0 Å². The van der Waals surface area contributed by atoms with Crippen LogP contribution in [0.4, 0.5) is 17.1 Å². The number of benzene rings is 10. The molecular weight excluding hydrogens is 741 g/mol. The number of para-hydroxylation sites is 4. The van der Waals surface area contributed by atoms with Gasteiger partial charge in [-0.15, -0.1) is 0 Å². The zero-order chi connectivity index (χ0) is 40.3. The molecule has 3 heteroatoms. The Bertz CT molecular complexity index is 3540. The van der Waals surface area contributed by atoms with Gasteiger partial charge < -0.3 is 13.9 Å². The van der Waals surface area contributed by atoms with Gasteiger partial charge in [-0.3, -0.25) is 0 Å². The highest BCUT2D eigenvalue weighted by molar-refractivity contribution is 6.14. The smallest absolute Gasteiger partial charge is 0.136 e. The van der Waals surface area contributed by atoms with E-state index >= 15 is 0 Å². The summed E-state index contributed by atoms with van der Waals surface area (Å²) in [7, 11) is 0. The molecule has 0 N–H and O–H groups in total. The number of fused-ring (bicyclic) bond motifs is 7. The molecule has 2 heterocycles. The number of aromatic nitrogens is 1. The minimum atomic E-state index is 0.886. The fourth-order valence-electron chi connectivity index (χ4n) is 9.32. The SMILES string of the molecule is c1cc(-c2ccc(N(c3ccc4ccccc4c3)c3ccccc3-c3cccc4oc5ccccc5c34)cc2)cc(-c2ccc(-n3c4ccccc4c4ccccc43)cc2)c1. The average molecular weight is 779 g/mol. The van der Waals surface area contributed by atoms with Crippen LogP contribution in [0.1, 0.15) is 0 Å². The van der Waals surface area contributed by atoms with E-state index in [1.54, 1.807) is 0 Å². The maximum absolute atomic E-state index is 6.36. The van der Waals surface area contributed by atoms with Crippen LogP contribution >= 0.6 is 0 Å². The molecule has 12 aromatic rings. The van der Waals surface area contributed by atoms with Crippen LogP contribution in [-0.2, 0) is 0 Å². The summed E-state index contributed by atoms with van der Waals surface area (Å²) in [5.41, 5.74) is 15.6. The van der Waals surface area contributed by atoms with Crippen molar-refractivity contribution < 1.29 is 4.42 Å². The predicted molar refractivity (Wildman–Crippen MR) is 257 cm³/mol. The summed E-state index contributed by atoms with van der Waals surface area (Å²) in [5.74, 6) is 0. The van der Waals surface area contributed by atoms with E-state index in [9.17, 15) is 0 Å². The van der Waals surface area contributed by atoms with E-state index in [1.165, 1.54) is 49.3 Å². The van der Waals surface area contributed by atoms with E-state index in [2.05, 4.69) is 228 Å². The number of hydrogen-bond donors (Lipinski definition) is 0. The summed E-state index contributed by atoms with van der Waals surface area (Å²) in [6, 6.07) is 82.9. The van der Waals surface area contributed by atoms with Crippen LogP contribution < -0.4 is 4.90 Å². The maximum Gasteiger partial charge on any atom is 0.136 e. The van der Waals surface area contributed by atoms with Crippen LogP contribution in [0.2, 0.25) is 0 Å². The first-order chi connectivity index (χ1) is 30.2. The Hall–Kier alpha value is -8.14. The lowest BCUT2D eigenvalue weighted by molar-refractivity contribution is 0.669. The number of rotatable bonds is 7. The van der Waals surface area contributed by atoms with Gasteiger partial charge in [0, 0.05) is 44.2 Å². The van der Waals surface area contributed by atoms with E-state index in [0.29, 0.717) is 0 Å². The van der Waals surface area contributed by atoms with Crippen molar-refractivity contribution in [1.29, 1.82) is 0 Å². The molecule has 12 rings (SSSR count). The molecule has 0 saturated heterocycles. The summed E-state index contributed by atoms with van der Waals surface area (Å²) in [4.78, 5) is 2.39. The zero-order valence-electron chi connectivity index (χ0n) is 33.2. The van der Waals surface area contributed by atoms with Gasteiger partial charge in [-0.2, -0.15) is 0 Å². The van der Waals surface area contributed by atoms with Gasteiger partial charge in [-0.1, -0.05) is 158 Å². The lowest BCUT2D eigenvalue weighted by atomic mass is 9.96. The van der Waals surface area contributed by atoms with E-state index in [1.807, 2.05) is 12.1 Å². The number of anilines is 3. The zero-order valence-corrected chi connectivity index (χ0v) is 33.2. The van der Waals surface area contributed by atoms with Crippen molar-refractivity contribution in [3.8, 4) is 39.1 Å². The fourth-order valence-corrected chi connectivity index (χ4v) is 9.32. The quantitative estimate of drug-likeness (QED) is 0.161. The van der Waals surface area contributed by atoms with Crippen LogP contribution in [0, 0.1) is 0 Å². The highest BCUT2D eigenvalue weighted by Crippen LogP contribution is 2.45. The molecule has 0 saturated carbocycles. The van der Waals surface area contributed by atoms with Crippen LogP contribution in [-0.4, -0.2) is 4.57 Å². The van der Waals surface area contributed by atoms with Crippen LogP contribution in [0.3, 0.4) is 0 Å². The molecule has 0 amide bonds. The molecule has 10 aromatic carbocycles. The molecule has 0 spiro atoms. The first-order valence-electron chi connectivity index (χ1n) is 20.8. The highest BCUT2D eigenvalue weighted by atomic mass is 16.3. The molecule has 0 fully saturated rings. The van der Waals surface area contributed by atoms with Gasteiger partial charge in [0.2, 0.25) is 0 Å². The Kier molecular flexibility index (Phi) is 8.17. The monoisotopic (exact) mass is 778 g/mol. The summed E-state index contributed by atoms with van der Waals surface area (Å²) >= 11 is 0. The van der Waals surface area contributed by atoms with E-state index in [4.69, 9.17) is 4.42 Å². The normalized spacial score (nSPS) is 11.6. The van der Waals surface area contributed by atoms with E-state index in [0.717, 1.165) is 61.4 Å². The van der Waals surface area contributed by atoms with Gasteiger partial charge >= 0.3 is 0 Å². The fraction of sp³-hybridized carbons (Fsp3) is 0. The Morgan fingerprint density at radius 1 is 0.344 bits per heavy atom. The maximum atomic E-state index is 6.36. The highest BCUT2D eigenvalue weighted by Gasteiger charge is 2.21. The van der Waals surface area contributed by atoms with Crippen molar-refractivity contribution in [2.45, 2.75) is 0 Å². The molecule has 2 aromatic heterocycles. The van der Waals surface area contributed by atoms with Gasteiger partial charge in [0.1, 0.15) is 11.2 Å². The molecule has 0 aliphatic rings. The molecule has 0 aliphatic carbocycles. The minimum Gasteiger partial charge on any atom is -0.456 e. The molecule has 0 bridgehead atoms. The lowest BCUT2D eigenvalue weighted by Gasteiger charge is -2.28. The third-order valence-corrected chi connectivity index (χ3v) is 12.2. The third-order valence-electron chi connectivity index (χ3n) is 12.2. The third kappa shape index (κ3) is 5.90. The summed E-state index contributed by atoms with van der Waals surface area (Å²) in [6.45, 7) is 0. The Labute approximate surface area is 353 Å². The van der Waals surface area contributed by atoms with Crippen molar-refractivity contribution in [3.63, 3.8) is 0 Å². The van der Waals surface area contributed by atoms with Crippen molar-refractivity contribution in [1.82, 2.24) is 4.57 Å². The van der Waals surface area contributed by atoms with Gasteiger partial charge in [-0.25, -0.2) is 0 Å². The van der Waals surface area contributed by atoms with Crippen molar-refractivity contribution in [2.24, 2.45) is 0 Å². The summed E-state index contributed by atoms with van der Waals surface area (Å²) < 4.78 is 8.73. The second-order valence-corrected chi connectivity index (χ2v) is 15.7. The average Bonchev–Trinajstić information content (AvgIpc) is 3.88. The molecular formula is C58H38N2O. The molecule has 61 heavy (non-hydrogen) atoms. The van der Waals surface area contributed by atoms with Gasteiger partial charge in [-0.05, 0) is 111 Å². The molecule has 0 atom stereocenters. The Morgan fingerprint density at radius 2 is 0.902 bits per heavy atom. The number of nitrogens with zero attached hydrogens (tertiary/aromatic N) is 2. The largest absolute Gasteiger partial charge is 0.456 e. The van der Waals surface area contributed by atoms with E-state index in [-0.39, 0.29) is 0 Å². The molecule has 3 nitrogen and oxygen atoms in total. The lowest BCUT2D eigenvalue weighted by Crippen LogP contribution is -2.11. The molecule has 286 valence electrons. The Balaban J connectivity index is 0.927. The van der Waals surface area contributed by atoms with Gasteiger partial charge in [0.25, 0.3) is 0 Å². The Morgan fingerprint density at radius 3 is 1.66 bits per heavy atom. The van der Waals surface area contributed by atoms with Crippen molar-refractivity contribution >= 4 is 71.6 Å². The van der Waals surface area contributed by atoms with Gasteiger partial charge in [0.05, 0.1) is 16.7 Å². The van der Waals surface area contributed by atoms with Crippen LogP contribution in [0.25, 0.3) is 93.6 Å². The van der Waals surface area contributed by atoms with Crippen LogP contribution in [0.15, 0.2) is 235 Å². The molecule has 0 radical (unpaired) electrons. The number of furan rings is 1. The minimum absolute atomic E-state index is 0.886.